The standard InChI is InChI=1S/C16H13NO3/c1-10-7-8-12-13(9-10)17-15(19)16(20,14(12)18)11-5-3-2-4-6-11/h2-9,20H,1H3,(H,17,19). The summed E-state index contributed by atoms with van der Waals surface area (Å²) in [4.78, 5) is 24.8. The molecule has 0 fully saturated rings. The molecule has 2 aromatic rings. The third-order valence-electron chi connectivity index (χ3n) is 3.52. The Morgan fingerprint density at radius 2 is 1.75 bits per heavy atom. The van der Waals surface area contributed by atoms with Crippen molar-refractivity contribution in [2.75, 3.05) is 5.32 Å². The molecular weight excluding hydrogens is 254 g/mol. The van der Waals surface area contributed by atoms with Crippen LogP contribution in [0.1, 0.15) is 21.5 Å². The number of rotatable bonds is 1. The van der Waals surface area contributed by atoms with E-state index in [1.807, 2.05) is 6.92 Å². The summed E-state index contributed by atoms with van der Waals surface area (Å²) in [5.41, 5.74) is -0.193. The van der Waals surface area contributed by atoms with E-state index in [1.165, 1.54) is 0 Å². The molecule has 1 heterocycles. The molecule has 0 bridgehead atoms. The normalized spacial score (nSPS) is 21.3. The van der Waals surface area contributed by atoms with Crippen molar-refractivity contribution < 1.29 is 14.7 Å². The Morgan fingerprint density at radius 1 is 1.05 bits per heavy atom. The van der Waals surface area contributed by atoms with Gasteiger partial charge in [0.15, 0.2) is 0 Å². The maximum atomic E-state index is 12.5. The average Bonchev–Trinajstić information content (AvgIpc) is 2.45. The number of hydrogen-bond acceptors (Lipinski definition) is 3. The average molecular weight is 267 g/mol. The lowest BCUT2D eigenvalue weighted by Gasteiger charge is -2.31. The number of anilines is 1. The van der Waals surface area contributed by atoms with Crippen LogP contribution in [0.15, 0.2) is 48.5 Å². The summed E-state index contributed by atoms with van der Waals surface area (Å²) in [6.07, 6.45) is 0. The topological polar surface area (TPSA) is 66.4 Å². The molecule has 100 valence electrons. The molecule has 1 unspecified atom stereocenters. The quantitative estimate of drug-likeness (QED) is 0.777. The van der Waals surface area contributed by atoms with Gasteiger partial charge in [0, 0.05) is 11.1 Å². The van der Waals surface area contributed by atoms with Crippen molar-refractivity contribution in [3.63, 3.8) is 0 Å². The second-order valence-corrected chi connectivity index (χ2v) is 4.91. The molecule has 1 aliphatic rings. The number of aliphatic hydroxyl groups is 1. The summed E-state index contributed by atoms with van der Waals surface area (Å²) in [6.45, 7) is 1.87. The highest BCUT2D eigenvalue weighted by Crippen LogP contribution is 2.35. The van der Waals surface area contributed by atoms with E-state index < -0.39 is 17.3 Å². The Hall–Kier alpha value is -2.46. The second-order valence-electron chi connectivity index (χ2n) is 4.91. The van der Waals surface area contributed by atoms with Crippen LogP contribution in [0, 0.1) is 6.92 Å². The van der Waals surface area contributed by atoms with Crippen LogP contribution in [-0.4, -0.2) is 16.8 Å². The van der Waals surface area contributed by atoms with E-state index >= 15 is 0 Å². The van der Waals surface area contributed by atoms with E-state index in [0.29, 0.717) is 11.3 Å². The number of amides is 1. The molecule has 0 saturated heterocycles. The zero-order valence-corrected chi connectivity index (χ0v) is 10.9. The summed E-state index contributed by atoms with van der Waals surface area (Å²) >= 11 is 0. The van der Waals surface area contributed by atoms with Crippen LogP contribution < -0.4 is 5.32 Å². The number of benzene rings is 2. The molecule has 1 amide bonds. The highest BCUT2D eigenvalue weighted by molar-refractivity contribution is 6.26. The number of carbonyl (C=O) groups excluding carboxylic acids is 2. The van der Waals surface area contributed by atoms with E-state index in [1.54, 1.807) is 48.5 Å². The van der Waals surface area contributed by atoms with Crippen molar-refractivity contribution in [2.24, 2.45) is 0 Å². The predicted octanol–water partition coefficient (Wildman–Crippen LogP) is 2.02. The molecule has 1 atom stereocenters. The first kappa shape index (κ1) is 12.6. The SMILES string of the molecule is Cc1ccc2c(c1)NC(=O)C(O)(c1ccccc1)C2=O. The van der Waals surface area contributed by atoms with Crippen molar-refractivity contribution in [1.29, 1.82) is 0 Å². The first-order valence-corrected chi connectivity index (χ1v) is 6.28. The Labute approximate surface area is 116 Å². The lowest BCUT2D eigenvalue weighted by Crippen LogP contribution is -2.50. The van der Waals surface area contributed by atoms with E-state index in [9.17, 15) is 14.7 Å². The van der Waals surface area contributed by atoms with Gasteiger partial charge in [-0.3, -0.25) is 9.59 Å². The molecule has 0 aromatic heterocycles. The molecule has 2 aromatic carbocycles. The van der Waals surface area contributed by atoms with Crippen LogP contribution in [0.3, 0.4) is 0 Å². The largest absolute Gasteiger partial charge is 0.369 e. The van der Waals surface area contributed by atoms with Crippen molar-refractivity contribution in [3.8, 4) is 0 Å². The zero-order chi connectivity index (χ0) is 14.3. The molecule has 3 rings (SSSR count). The van der Waals surface area contributed by atoms with Gasteiger partial charge in [-0.25, -0.2) is 0 Å². The first-order valence-electron chi connectivity index (χ1n) is 6.28. The van der Waals surface area contributed by atoms with Crippen LogP contribution in [0.4, 0.5) is 5.69 Å². The molecule has 20 heavy (non-hydrogen) atoms. The first-order chi connectivity index (χ1) is 9.53. The van der Waals surface area contributed by atoms with Crippen molar-refractivity contribution in [1.82, 2.24) is 0 Å². The van der Waals surface area contributed by atoms with Crippen LogP contribution in [-0.2, 0) is 10.4 Å². The minimum Gasteiger partial charge on any atom is -0.369 e. The van der Waals surface area contributed by atoms with Crippen LogP contribution in [0.2, 0.25) is 0 Å². The van der Waals surface area contributed by atoms with Gasteiger partial charge in [0.1, 0.15) is 0 Å². The third kappa shape index (κ3) is 1.66. The molecule has 0 spiro atoms. The minimum absolute atomic E-state index is 0.272. The van der Waals surface area contributed by atoms with Crippen LogP contribution in [0.5, 0.6) is 0 Å². The van der Waals surface area contributed by atoms with Gasteiger partial charge < -0.3 is 10.4 Å². The van der Waals surface area contributed by atoms with Gasteiger partial charge in [-0.05, 0) is 24.6 Å². The molecule has 0 aliphatic carbocycles. The van der Waals surface area contributed by atoms with Gasteiger partial charge >= 0.3 is 0 Å². The fourth-order valence-corrected chi connectivity index (χ4v) is 2.41. The summed E-state index contributed by atoms with van der Waals surface area (Å²) in [7, 11) is 0. The van der Waals surface area contributed by atoms with Crippen LogP contribution >= 0.6 is 0 Å². The predicted molar refractivity (Wildman–Crippen MR) is 74.5 cm³/mol. The molecule has 1 aliphatic heterocycles. The van der Waals surface area contributed by atoms with E-state index in [2.05, 4.69) is 5.32 Å². The number of carbonyl (C=O) groups is 2. The Kier molecular flexibility index (Phi) is 2.69. The number of Topliss-reactive ketones (excluding diaryl/α,β-unsaturated/α-hetero) is 1. The molecule has 0 radical (unpaired) electrons. The molecule has 4 nitrogen and oxygen atoms in total. The Bertz CT molecular complexity index is 709. The maximum absolute atomic E-state index is 12.5. The van der Waals surface area contributed by atoms with E-state index in [4.69, 9.17) is 0 Å². The number of fused-ring (bicyclic) bond motifs is 1. The summed E-state index contributed by atoms with van der Waals surface area (Å²) in [6, 6.07) is 13.4. The summed E-state index contributed by atoms with van der Waals surface area (Å²) < 4.78 is 0. The number of ketones is 1. The fraction of sp³-hybridized carbons (Fsp3) is 0.125. The maximum Gasteiger partial charge on any atom is 0.269 e. The van der Waals surface area contributed by atoms with Crippen molar-refractivity contribution >= 4 is 17.4 Å². The van der Waals surface area contributed by atoms with Crippen LogP contribution in [0.25, 0.3) is 0 Å². The van der Waals surface area contributed by atoms with Crippen molar-refractivity contribution in [3.05, 3.63) is 65.2 Å². The van der Waals surface area contributed by atoms with Crippen molar-refractivity contribution in [2.45, 2.75) is 12.5 Å². The Morgan fingerprint density at radius 3 is 2.45 bits per heavy atom. The summed E-state index contributed by atoms with van der Waals surface area (Å²) in [5.74, 6) is -1.31. The Balaban J connectivity index is 2.18. The number of nitrogens with one attached hydrogen (secondary N) is 1. The summed E-state index contributed by atoms with van der Waals surface area (Å²) in [5, 5.41) is 13.2. The van der Waals surface area contributed by atoms with Gasteiger partial charge in [0.05, 0.1) is 5.69 Å². The number of aryl methyl sites for hydroxylation is 1. The second kappa shape index (κ2) is 4.28. The lowest BCUT2D eigenvalue weighted by atomic mass is 9.81. The minimum atomic E-state index is -2.16. The lowest BCUT2D eigenvalue weighted by molar-refractivity contribution is -0.130. The number of hydrogen-bond donors (Lipinski definition) is 2. The fourth-order valence-electron chi connectivity index (χ4n) is 2.41. The smallest absolute Gasteiger partial charge is 0.269 e. The molecule has 0 saturated carbocycles. The zero-order valence-electron chi connectivity index (χ0n) is 10.9. The van der Waals surface area contributed by atoms with Gasteiger partial charge in [-0.2, -0.15) is 0 Å². The van der Waals surface area contributed by atoms with E-state index in [0.717, 1.165) is 5.56 Å². The highest BCUT2D eigenvalue weighted by atomic mass is 16.3. The highest BCUT2D eigenvalue weighted by Gasteiger charge is 2.49. The molecule has 4 heteroatoms. The van der Waals surface area contributed by atoms with Gasteiger partial charge in [-0.15, -0.1) is 0 Å². The third-order valence-corrected chi connectivity index (χ3v) is 3.52. The monoisotopic (exact) mass is 267 g/mol. The molecule has 2 N–H and O–H groups in total. The van der Waals surface area contributed by atoms with Gasteiger partial charge in [0.2, 0.25) is 11.4 Å². The van der Waals surface area contributed by atoms with Gasteiger partial charge in [-0.1, -0.05) is 36.4 Å². The van der Waals surface area contributed by atoms with E-state index in [-0.39, 0.29) is 5.56 Å². The molecular formula is C16H13NO3. The van der Waals surface area contributed by atoms with Gasteiger partial charge in [0.25, 0.3) is 5.91 Å².